The third kappa shape index (κ3) is 3.90. The van der Waals surface area contributed by atoms with Gasteiger partial charge in [-0.1, -0.05) is 34.1 Å². The van der Waals surface area contributed by atoms with Crippen LogP contribution in [0.1, 0.15) is 60.1 Å². The molecule has 8 heteroatoms. The number of aliphatic hydroxyl groups is 1. The van der Waals surface area contributed by atoms with Crippen LogP contribution in [0.5, 0.6) is 5.75 Å². The van der Waals surface area contributed by atoms with E-state index >= 15 is 0 Å². The van der Waals surface area contributed by atoms with Crippen molar-refractivity contribution < 1.29 is 24.5 Å². The predicted octanol–water partition coefficient (Wildman–Crippen LogP) is 4.14. The first kappa shape index (κ1) is 21.6. The Morgan fingerprint density at radius 1 is 1.23 bits per heavy atom. The van der Waals surface area contributed by atoms with Crippen LogP contribution in [0.2, 0.25) is 0 Å². The summed E-state index contributed by atoms with van der Waals surface area (Å²) in [6, 6.07) is 9.56. The maximum Gasteiger partial charge on any atom is 0.410 e. The lowest BCUT2D eigenvalue weighted by atomic mass is 9.91. The van der Waals surface area contributed by atoms with Gasteiger partial charge in [0.2, 0.25) is 0 Å². The van der Waals surface area contributed by atoms with Crippen LogP contribution >= 0.6 is 15.9 Å². The second-order valence-corrected chi connectivity index (χ2v) is 9.67. The van der Waals surface area contributed by atoms with E-state index in [0.717, 1.165) is 10.0 Å². The number of ether oxygens (including phenoxy) is 1. The molecule has 2 amide bonds. The molecule has 1 unspecified atom stereocenters. The highest BCUT2D eigenvalue weighted by molar-refractivity contribution is 9.10. The molecular formula is C23H25BrN2O5. The van der Waals surface area contributed by atoms with Crippen LogP contribution in [0.4, 0.5) is 4.79 Å². The van der Waals surface area contributed by atoms with Gasteiger partial charge in [-0.2, -0.15) is 0 Å². The lowest BCUT2D eigenvalue weighted by molar-refractivity contribution is -0.0120. The molecule has 0 fully saturated rings. The lowest BCUT2D eigenvalue weighted by Gasteiger charge is -2.40. The predicted molar refractivity (Wildman–Crippen MR) is 118 cm³/mol. The fourth-order valence-corrected chi connectivity index (χ4v) is 4.79. The summed E-state index contributed by atoms with van der Waals surface area (Å²) in [6.45, 7) is 5.74. The highest BCUT2D eigenvalue weighted by Gasteiger charge is 2.42. The zero-order valence-electron chi connectivity index (χ0n) is 17.6. The molecule has 0 bridgehead atoms. The van der Waals surface area contributed by atoms with Crippen molar-refractivity contribution in [3.63, 3.8) is 0 Å². The Hall–Kier alpha value is -2.58. The van der Waals surface area contributed by atoms with Crippen molar-refractivity contribution in [2.45, 2.75) is 45.1 Å². The van der Waals surface area contributed by atoms with Gasteiger partial charge in [-0.3, -0.25) is 9.69 Å². The van der Waals surface area contributed by atoms with Crippen LogP contribution in [-0.2, 0) is 11.2 Å². The second kappa shape index (κ2) is 7.84. The van der Waals surface area contributed by atoms with Crippen molar-refractivity contribution >= 4 is 27.9 Å². The Balaban J connectivity index is 1.74. The largest absolute Gasteiger partial charge is 0.508 e. The number of carbonyl (C=O) groups is 2. The molecular weight excluding hydrogens is 464 g/mol. The molecule has 2 aliphatic heterocycles. The van der Waals surface area contributed by atoms with Gasteiger partial charge in [0.05, 0.1) is 6.04 Å². The van der Waals surface area contributed by atoms with Crippen molar-refractivity contribution in [3.05, 3.63) is 63.1 Å². The minimum absolute atomic E-state index is 0.0188. The van der Waals surface area contributed by atoms with Crippen LogP contribution in [0.15, 0.2) is 40.9 Å². The molecule has 7 nitrogen and oxygen atoms in total. The molecule has 0 saturated carbocycles. The molecule has 2 aromatic rings. The van der Waals surface area contributed by atoms with Crippen LogP contribution < -0.4 is 0 Å². The summed E-state index contributed by atoms with van der Waals surface area (Å²) in [4.78, 5) is 28.9. The first-order chi connectivity index (χ1) is 14.6. The highest BCUT2D eigenvalue weighted by Crippen LogP contribution is 2.42. The van der Waals surface area contributed by atoms with Crippen LogP contribution in [0.25, 0.3) is 0 Å². The SMILES string of the molecule is CC(C)(C)OC(=O)N1CCc2c(Br)ccc(O)c2[C@H]1CN1C(=O)c2ccccc2C1O. The normalized spacial score (nSPS) is 20.5. The summed E-state index contributed by atoms with van der Waals surface area (Å²) in [7, 11) is 0. The number of fused-ring (bicyclic) bond motifs is 2. The molecule has 2 N–H and O–H groups in total. The molecule has 0 aliphatic carbocycles. The molecule has 0 spiro atoms. The zero-order valence-corrected chi connectivity index (χ0v) is 19.2. The van der Waals surface area contributed by atoms with E-state index in [9.17, 15) is 19.8 Å². The van der Waals surface area contributed by atoms with E-state index in [1.807, 2.05) is 0 Å². The maximum absolute atomic E-state index is 13.0. The molecule has 4 rings (SSSR count). The smallest absolute Gasteiger partial charge is 0.410 e. The summed E-state index contributed by atoms with van der Waals surface area (Å²) >= 11 is 3.53. The quantitative estimate of drug-likeness (QED) is 0.662. The molecule has 0 aromatic heterocycles. The van der Waals surface area contributed by atoms with E-state index in [-0.39, 0.29) is 18.2 Å². The molecule has 2 aliphatic rings. The summed E-state index contributed by atoms with van der Waals surface area (Å²) in [5, 5.41) is 21.5. The molecule has 164 valence electrons. The van der Waals surface area contributed by atoms with Gasteiger partial charge < -0.3 is 19.8 Å². The maximum atomic E-state index is 13.0. The lowest BCUT2D eigenvalue weighted by Crippen LogP contribution is -2.47. The van der Waals surface area contributed by atoms with Crippen molar-refractivity contribution in [2.24, 2.45) is 0 Å². The third-order valence-electron chi connectivity index (χ3n) is 5.61. The van der Waals surface area contributed by atoms with Crippen molar-refractivity contribution in [1.82, 2.24) is 9.80 Å². The Bertz CT molecular complexity index is 1050. The third-order valence-corrected chi connectivity index (χ3v) is 6.36. The number of benzene rings is 2. The van der Waals surface area contributed by atoms with E-state index in [2.05, 4.69) is 15.9 Å². The standard InChI is InChI=1S/C23H25BrN2O5/c1-23(2,3)31-22(30)25-11-10-15-16(24)8-9-18(27)19(15)17(25)12-26-20(28)13-6-4-5-7-14(13)21(26)29/h4-9,17,20,27-28H,10-12H2,1-3H3/t17-,20?/m1/s1. The van der Waals surface area contributed by atoms with Crippen LogP contribution in [0.3, 0.4) is 0 Å². The Morgan fingerprint density at radius 3 is 2.61 bits per heavy atom. The Labute approximate surface area is 189 Å². The van der Waals surface area contributed by atoms with Gasteiger partial charge >= 0.3 is 6.09 Å². The van der Waals surface area contributed by atoms with Crippen LogP contribution in [-0.4, -0.2) is 50.7 Å². The Kier molecular flexibility index (Phi) is 5.47. The molecule has 0 saturated heterocycles. The van der Waals surface area contributed by atoms with E-state index in [4.69, 9.17) is 4.74 Å². The van der Waals surface area contributed by atoms with Crippen molar-refractivity contribution in [2.75, 3.05) is 13.1 Å². The number of hydrogen-bond donors (Lipinski definition) is 2. The van der Waals surface area contributed by atoms with Gasteiger partial charge in [0, 0.05) is 34.3 Å². The number of amides is 2. The van der Waals surface area contributed by atoms with Gasteiger partial charge in [-0.25, -0.2) is 4.79 Å². The fourth-order valence-electron chi connectivity index (χ4n) is 4.24. The minimum Gasteiger partial charge on any atom is -0.508 e. The molecule has 31 heavy (non-hydrogen) atoms. The molecule has 2 atom stereocenters. The molecule has 0 radical (unpaired) electrons. The number of rotatable bonds is 2. The summed E-state index contributed by atoms with van der Waals surface area (Å²) < 4.78 is 6.42. The van der Waals surface area contributed by atoms with E-state index in [1.54, 1.807) is 57.2 Å². The summed E-state index contributed by atoms with van der Waals surface area (Å²) in [5.74, 6) is -0.274. The number of halogens is 1. The molecule has 2 heterocycles. The second-order valence-electron chi connectivity index (χ2n) is 8.82. The number of phenolic OH excluding ortho intramolecular Hbond substituents is 1. The van der Waals surface area contributed by atoms with Crippen LogP contribution in [0, 0.1) is 0 Å². The summed E-state index contributed by atoms with van der Waals surface area (Å²) in [6.07, 6.45) is -1.12. The van der Waals surface area contributed by atoms with Gasteiger partial charge in [0.15, 0.2) is 6.23 Å². The van der Waals surface area contributed by atoms with Gasteiger partial charge in [0.1, 0.15) is 11.4 Å². The monoisotopic (exact) mass is 488 g/mol. The summed E-state index contributed by atoms with van der Waals surface area (Å²) in [5.41, 5.74) is 1.71. The van der Waals surface area contributed by atoms with E-state index in [1.165, 1.54) is 9.80 Å². The average molecular weight is 489 g/mol. The first-order valence-electron chi connectivity index (χ1n) is 10.2. The number of hydrogen-bond acceptors (Lipinski definition) is 5. The number of nitrogens with zero attached hydrogens (tertiary/aromatic N) is 2. The topological polar surface area (TPSA) is 90.3 Å². The zero-order chi connectivity index (χ0) is 22.5. The highest BCUT2D eigenvalue weighted by atomic mass is 79.9. The van der Waals surface area contributed by atoms with Gasteiger partial charge in [-0.15, -0.1) is 0 Å². The fraction of sp³-hybridized carbons (Fsp3) is 0.391. The van der Waals surface area contributed by atoms with E-state index < -0.39 is 24.0 Å². The average Bonchev–Trinajstić information content (AvgIpc) is 2.94. The van der Waals surface area contributed by atoms with Crippen molar-refractivity contribution in [3.8, 4) is 5.75 Å². The number of aliphatic hydroxyl groups excluding tert-OH is 1. The Morgan fingerprint density at radius 2 is 1.94 bits per heavy atom. The van der Waals surface area contributed by atoms with E-state index in [0.29, 0.717) is 29.7 Å². The van der Waals surface area contributed by atoms with Crippen molar-refractivity contribution in [1.29, 1.82) is 0 Å². The van der Waals surface area contributed by atoms with Gasteiger partial charge in [-0.05, 0) is 51.0 Å². The first-order valence-corrected chi connectivity index (χ1v) is 11.0. The van der Waals surface area contributed by atoms with Gasteiger partial charge in [0.25, 0.3) is 5.91 Å². The minimum atomic E-state index is -1.12. The molecule has 2 aromatic carbocycles. The number of phenols is 1. The number of carbonyl (C=O) groups excluding carboxylic acids is 2. The number of aromatic hydroxyl groups is 1.